The summed E-state index contributed by atoms with van der Waals surface area (Å²) in [5.41, 5.74) is 0.595. The van der Waals surface area contributed by atoms with Gasteiger partial charge in [0.05, 0.1) is 4.90 Å². The Balaban J connectivity index is 1.41. The smallest absolute Gasteiger partial charge is 0.263 e. The summed E-state index contributed by atoms with van der Waals surface area (Å²) < 4.78 is 26.4. The summed E-state index contributed by atoms with van der Waals surface area (Å²) >= 11 is 0. The number of fused-ring (bicyclic) bond motifs is 1. The second-order valence-electron chi connectivity index (χ2n) is 6.43. The number of aliphatic imine (C=N–C) groups is 1. The minimum atomic E-state index is -3.49. The minimum Gasteiger partial charge on any atom is -0.356 e. The van der Waals surface area contributed by atoms with Gasteiger partial charge in [0.1, 0.15) is 5.84 Å². The van der Waals surface area contributed by atoms with Crippen LogP contribution in [0.1, 0.15) is 31.2 Å². The molecule has 2 heterocycles. The van der Waals surface area contributed by atoms with Crippen LogP contribution in [0.5, 0.6) is 0 Å². The molecule has 1 aromatic carbocycles. The van der Waals surface area contributed by atoms with Gasteiger partial charge in [-0.25, -0.2) is 8.42 Å². The molecule has 0 spiro atoms. The van der Waals surface area contributed by atoms with Crippen LogP contribution in [0.4, 0.5) is 0 Å². The molecular formula is C17H24N4O3S. The molecule has 1 atom stereocenters. The zero-order valence-corrected chi connectivity index (χ0v) is 14.9. The van der Waals surface area contributed by atoms with Crippen molar-refractivity contribution >= 4 is 21.8 Å². The first kappa shape index (κ1) is 17.9. The molecule has 1 unspecified atom stereocenters. The van der Waals surface area contributed by atoms with Crippen LogP contribution >= 0.6 is 0 Å². The van der Waals surface area contributed by atoms with Crippen molar-refractivity contribution in [2.24, 2.45) is 10.9 Å². The average molecular weight is 364 g/mol. The van der Waals surface area contributed by atoms with E-state index in [2.05, 4.69) is 20.3 Å². The predicted molar refractivity (Wildman–Crippen MR) is 96.0 cm³/mol. The first-order chi connectivity index (χ1) is 12.1. The van der Waals surface area contributed by atoms with Gasteiger partial charge in [0.2, 0.25) is 5.91 Å². The summed E-state index contributed by atoms with van der Waals surface area (Å²) in [6, 6.07) is 6.76. The van der Waals surface area contributed by atoms with E-state index in [1.54, 1.807) is 24.3 Å². The zero-order chi connectivity index (χ0) is 17.7. The fourth-order valence-corrected chi connectivity index (χ4v) is 4.40. The van der Waals surface area contributed by atoms with Crippen molar-refractivity contribution in [3.8, 4) is 0 Å². The molecule has 0 bridgehead atoms. The lowest BCUT2D eigenvalue weighted by molar-refractivity contribution is -0.121. The highest BCUT2D eigenvalue weighted by atomic mass is 32.2. The number of sulfonamides is 1. The molecule has 3 rings (SSSR count). The van der Waals surface area contributed by atoms with Gasteiger partial charge < -0.3 is 10.6 Å². The van der Waals surface area contributed by atoms with Gasteiger partial charge in [0.15, 0.2) is 0 Å². The van der Waals surface area contributed by atoms with E-state index in [0.717, 1.165) is 19.5 Å². The summed E-state index contributed by atoms with van der Waals surface area (Å²) in [4.78, 5) is 16.4. The fourth-order valence-electron chi connectivity index (χ4n) is 3.15. The van der Waals surface area contributed by atoms with Crippen LogP contribution in [0.3, 0.4) is 0 Å². The Bertz CT molecular complexity index is 755. The van der Waals surface area contributed by atoms with Crippen LogP contribution in [0.15, 0.2) is 34.2 Å². The molecular weight excluding hydrogens is 340 g/mol. The highest BCUT2D eigenvalue weighted by Crippen LogP contribution is 2.22. The highest BCUT2D eigenvalue weighted by Gasteiger charge is 2.29. The van der Waals surface area contributed by atoms with Crippen molar-refractivity contribution in [1.29, 1.82) is 0 Å². The van der Waals surface area contributed by atoms with Crippen LogP contribution in [-0.4, -0.2) is 46.3 Å². The number of amides is 1. The number of nitrogens with zero attached hydrogens (tertiary/aromatic N) is 1. The summed E-state index contributed by atoms with van der Waals surface area (Å²) in [7, 11) is -3.49. The van der Waals surface area contributed by atoms with Gasteiger partial charge in [0, 0.05) is 25.1 Å². The number of amidine groups is 1. The Hall–Kier alpha value is -1.93. The molecule has 1 saturated heterocycles. The molecule has 1 aromatic rings. The Kier molecular flexibility index (Phi) is 5.70. The summed E-state index contributed by atoms with van der Waals surface area (Å²) in [6.07, 6.45) is 3.18. The maximum absolute atomic E-state index is 12.0. The molecule has 25 heavy (non-hydrogen) atoms. The summed E-state index contributed by atoms with van der Waals surface area (Å²) in [5, 5.41) is 6.26. The molecule has 0 radical (unpaired) electrons. The predicted octanol–water partition coefficient (Wildman–Crippen LogP) is 0.621. The minimum absolute atomic E-state index is 0.0264. The molecule has 2 aliphatic heterocycles. The van der Waals surface area contributed by atoms with Crippen molar-refractivity contribution in [3.05, 3.63) is 29.8 Å². The van der Waals surface area contributed by atoms with Crippen LogP contribution in [0.25, 0.3) is 0 Å². The molecule has 1 fully saturated rings. The third-order valence-electron chi connectivity index (χ3n) is 4.53. The van der Waals surface area contributed by atoms with Gasteiger partial charge >= 0.3 is 0 Å². The SMILES string of the molecule is O=C(CCCN=C1NS(=O)(=O)c2ccccc21)NCCC1CCNC1. The first-order valence-corrected chi connectivity index (χ1v) is 10.2. The summed E-state index contributed by atoms with van der Waals surface area (Å²) in [6.45, 7) is 3.25. The van der Waals surface area contributed by atoms with E-state index in [4.69, 9.17) is 0 Å². The maximum Gasteiger partial charge on any atom is 0.263 e. The van der Waals surface area contributed by atoms with E-state index in [-0.39, 0.29) is 10.8 Å². The number of carbonyl (C=O) groups is 1. The molecule has 0 aliphatic carbocycles. The van der Waals surface area contributed by atoms with Crippen LogP contribution in [0.2, 0.25) is 0 Å². The van der Waals surface area contributed by atoms with Gasteiger partial charge in [-0.15, -0.1) is 0 Å². The Labute approximate surface area is 148 Å². The van der Waals surface area contributed by atoms with Crippen LogP contribution in [-0.2, 0) is 14.8 Å². The summed E-state index contributed by atoms with van der Waals surface area (Å²) in [5.74, 6) is 1.06. The Morgan fingerprint density at radius 3 is 2.96 bits per heavy atom. The van der Waals surface area contributed by atoms with Crippen molar-refractivity contribution < 1.29 is 13.2 Å². The lowest BCUT2D eigenvalue weighted by atomic mass is 10.1. The lowest BCUT2D eigenvalue weighted by Crippen LogP contribution is -2.26. The molecule has 3 N–H and O–H groups in total. The van der Waals surface area contributed by atoms with E-state index >= 15 is 0 Å². The molecule has 2 aliphatic rings. The van der Waals surface area contributed by atoms with Gasteiger partial charge in [-0.2, -0.15) is 0 Å². The topological polar surface area (TPSA) is 99.7 Å². The highest BCUT2D eigenvalue weighted by molar-refractivity contribution is 7.90. The molecule has 1 amide bonds. The number of hydrogen-bond donors (Lipinski definition) is 3. The van der Waals surface area contributed by atoms with Crippen LogP contribution in [0, 0.1) is 5.92 Å². The molecule has 7 nitrogen and oxygen atoms in total. The lowest BCUT2D eigenvalue weighted by Gasteiger charge is -2.09. The number of rotatable bonds is 7. The largest absolute Gasteiger partial charge is 0.356 e. The standard InChI is InChI=1S/C17H24N4O3S/c22-16(19-11-8-13-7-10-18-12-13)6-3-9-20-17-14-4-1-2-5-15(14)25(23,24)21-17/h1-2,4-5,13,18H,3,6-12H2,(H,19,22)(H,20,21). The van der Waals surface area contributed by atoms with E-state index in [9.17, 15) is 13.2 Å². The maximum atomic E-state index is 12.0. The van der Waals surface area contributed by atoms with Gasteiger partial charge in [-0.1, -0.05) is 12.1 Å². The van der Waals surface area contributed by atoms with Gasteiger partial charge in [0.25, 0.3) is 10.0 Å². The van der Waals surface area contributed by atoms with E-state index in [1.165, 1.54) is 6.42 Å². The fraction of sp³-hybridized carbons (Fsp3) is 0.529. The quantitative estimate of drug-likeness (QED) is 0.618. The van der Waals surface area contributed by atoms with E-state index in [1.807, 2.05) is 0 Å². The molecule has 8 heteroatoms. The third kappa shape index (κ3) is 4.58. The molecule has 0 aromatic heterocycles. The third-order valence-corrected chi connectivity index (χ3v) is 5.93. The number of carbonyl (C=O) groups excluding carboxylic acids is 1. The van der Waals surface area contributed by atoms with Gasteiger partial charge in [-0.3, -0.25) is 14.5 Å². The van der Waals surface area contributed by atoms with Crippen LogP contribution < -0.4 is 15.4 Å². The Morgan fingerprint density at radius 1 is 1.32 bits per heavy atom. The van der Waals surface area contributed by atoms with Gasteiger partial charge in [-0.05, 0) is 50.4 Å². The first-order valence-electron chi connectivity index (χ1n) is 8.70. The van der Waals surface area contributed by atoms with Crippen molar-refractivity contribution in [2.75, 3.05) is 26.2 Å². The zero-order valence-electron chi connectivity index (χ0n) is 14.1. The monoisotopic (exact) mass is 364 g/mol. The molecule has 0 saturated carbocycles. The average Bonchev–Trinajstić information content (AvgIpc) is 3.19. The number of benzene rings is 1. The normalized spacial score (nSPS) is 22.6. The second kappa shape index (κ2) is 7.97. The molecule has 136 valence electrons. The van der Waals surface area contributed by atoms with Crippen molar-refractivity contribution in [3.63, 3.8) is 0 Å². The number of hydrogen-bond acceptors (Lipinski definition) is 5. The van der Waals surface area contributed by atoms with Crippen molar-refractivity contribution in [2.45, 2.75) is 30.6 Å². The Morgan fingerprint density at radius 2 is 2.16 bits per heavy atom. The number of nitrogens with one attached hydrogen (secondary N) is 3. The second-order valence-corrected chi connectivity index (χ2v) is 8.08. The van der Waals surface area contributed by atoms with Crippen molar-refractivity contribution in [1.82, 2.24) is 15.4 Å². The van der Waals surface area contributed by atoms with E-state index in [0.29, 0.717) is 43.2 Å². The van der Waals surface area contributed by atoms with E-state index < -0.39 is 10.0 Å².